The maximum Gasteiger partial charge on any atom is 0.291 e. The lowest BCUT2D eigenvalue weighted by molar-refractivity contribution is -0.384. The smallest absolute Gasteiger partial charge is 0.268 e. The summed E-state index contributed by atoms with van der Waals surface area (Å²) in [4.78, 5) is 22.4. The third-order valence-electron chi connectivity index (χ3n) is 3.57. The van der Waals surface area contributed by atoms with E-state index in [1.807, 2.05) is 24.3 Å². The van der Waals surface area contributed by atoms with Gasteiger partial charge in [-0.05, 0) is 23.8 Å². The minimum Gasteiger partial charge on any atom is -0.268 e. The maximum absolute atomic E-state index is 12.1. The first-order valence-electron chi connectivity index (χ1n) is 7.87. The molecule has 1 N–H and O–H groups in total. The SMILES string of the molecule is O=C(NN=Cc1cccc([N+](=O)[O-])c1)c1ccn(Cc2cccc(Br)c2)n1. The Balaban J connectivity index is 1.61. The van der Waals surface area contributed by atoms with Gasteiger partial charge in [0.15, 0.2) is 5.69 Å². The highest BCUT2D eigenvalue weighted by Crippen LogP contribution is 2.13. The molecule has 0 aliphatic rings. The van der Waals surface area contributed by atoms with Crippen molar-refractivity contribution < 1.29 is 9.72 Å². The number of carbonyl (C=O) groups is 1. The van der Waals surface area contributed by atoms with E-state index in [4.69, 9.17) is 0 Å². The second-order valence-electron chi connectivity index (χ2n) is 5.58. The lowest BCUT2D eigenvalue weighted by atomic mass is 10.2. The fourth-order valence-corrected chi connectivity index (χ4v) is 2.78. The first-order chi connectivity index (χ1) is 13.0. The Morgan fingerprint density at radius 3 is 2.85 bits per heavy atom. The van der Waals surface area contributed by atoms with Crippen LogP contribution >= 0.6 is 15.9 Å². The molecular formula is C18H14BrN5O3. The molecule has 0 atom stereocenters. The first-order valence-corrected chi connectivity index (χ1v) is 8.66. The van der Waals surface area contributed by atoms with Crippen LogP contribution in [0.15, 0.2) is 70.4 Å². The van der Waals surface area contributed by atoms with E-state index in [1.165, 1.54) is 18.3 Å². The number of benzene rings is 2. The summed E-state index contributed by atoms with van der Waals surface area (Å²) >= 11 is 3.42. The molecular weight excluding hydrogens is 414 g/mol. The Morgan fingerprint density at radius 2 is 2.07 bits per heavy atom. The number of hydrazone groups is 1. The van der Waals surface area contributed by atoms with Gasteiger partial charge in [-0.15, -0.1) is 0 Å². The molecule has 0 unspecified atom stereocenters. The lowest BCUT2D eigenvalue weighted by Crippen LogP contribution is -2.18. The standard InChI is InChI=1S/C18H14BrN5O3/c19-15-5-1-4-14(9-15)12-23-8-7-17(22-23)18(25)21-20-11-13-3-2-6-16(10-13)24(26)27/h1-11H,12H2,(H,21,25). The van der Waals surface area contributed by atoms with E-state index in [-0.39, 0.29) is 11.4 Å². The number of aromatic nitrogens is 2. The fraction of sp³-hybridized carbons (Fsp3) is 0.0556. The van der Waals surface area contributed by atoms with E-state index in [2.05, 4.69) is 31.6 Å². The second-order valence-corrected chi connectivity index (χ2v) is 6.50. The number of hydrogen-bond acceptors (Lipinski definition) is 5. The van der Waals surface area contributed by atoms with Gasteiger partial charge in [0.25, 0.3) is 11.6 Å². The molecule has 0 fully saturated rings. The largest absolute Gasteiger partial charge is 0.291 e. The van der Waals surface area contributed by atoms with Gasteiger partial charge in [0.05, 0.1) is 17.7 Å². The molecule has 0 saturated heterocycles. The van der Waals surface area contributed by atoms with Crippen LogP contribution in [0.3, 0.4) is 0 Å². The van der Waals surface area contributed by atoms with Crippen molar-refractivity contribution in [3.63, 3.8) is 0 Å². The summed E-state index contributed by atoms with van der Waals surface area (Å²) in [5.41, 5.74) is 4.09. The van der Waals surface area contributed by atoms with Crippen LogP contribution in [0.2, 0.25) is 0 Å². The van der Waals surface area contributed by atoms with Gasteiger partial charge in [0, 0.05) is 28.4 Å². The van der Waals surface area contributed by atoms with Crippen LogP contribution in [0.5, 0.6) is 0 Å². The average molecular weight is 428 g/mol. The summed E-state index contributed by atoms with van der Waals surface area (Å²) in [5, 5.41) is 18.8. The zero-order chi connectivity index (χ0) is 19.2. The minimum absolute atomic E-state index is 0.0448. The van der Waals surface area contributed by atoms with Crippen molar-refractivity contribution >= 4 is 33.7 Å². The summed E-state index contributed by atoms with van der Waals surface area (Å²) < 4.78 is 2.63. The van der Waals surface area contributed by atoms with Crippen molar-refractivity contribution in [3.8, 4) is 0 Å². The molecule has 136 valence electrons. The van der Waals surface area contributed by atoms with E-state index in [9.17, 15) is 14.9 Å². The number of nitrogens with one attached hydrogen (secondary N) is 1. The number of nitro benzene ring substituents is 1. The number of non-ortho nitro benzene ring substituents is 1. The van der Waals surface area contributed by atoms with Crippen LogP contribution in [0, 0.1) is 10.1 Å². The Labute approximate surface area is 162 Å². The Hall–Kier alpha value is -3.33. The number of amides is 1. The van der Waals surface area contributed by atoms with E-state index < -0.39 is 10.8 Å². The summed E-state index contributed by atoms with van der Waals surface area (Å²) in [5.74, 6) is -0.468. The average Bonchev–Trinajstić information content (AvgIpc) is 3.10. The predicted molar refractivity (Wildman–Crippen MR) is 104 cm³/mol. The van der Waals surface area contributed by atoms with Crippen molar-refractivity contribution in [1.29, 1.82) is 0 Å². The molecule has 1 amide bonds. The summed E-state index contributed by atoms with van der Waals surface area (Å²) in [6.07, 6.45) is 3.05. The molecule has 8 nitrogen and oxygen atoms in total. The highest BCUT2D eigenvalue weighted by Gasteiger charge is 2.09. The molecule has 0 aliphatic carbocycles. The fourth-order valence-electron chi connectivity index (χ4n) is 2.33. The Bertz CT molecular complexity index is 1020. The van der Waals surface area contributed by atoms with Gasteiger partial charge in [-0.25, -0.2) is 5.43 Å². The predicted octanol–water partition coefficient (Wildman–Crippen LogP) is 3.37. The topological polar surface area (TPSA) is 102 Å². The van der Waals surface area contributed by atoms with Gasteiger partial charge in [-0.2, -0.15) is 10.2 Å². The molecule has 3 rings (SSSR count). The number of nitrogens with zero attached hydrogens (tertiary/aromatic N) is 4. The van der Waals surface area contributed by atoms with Crippen molar-refractivity contribution in [1.82, 2.24) is 15.2 Å². The molecule has 0 spiro atoms. The molecule has 9 heteroatoms. The second kappa shape index (κ2) is 8.37. The van der Waals surface area contributed by atoms with Crippen molar-refractivity contribution in [2.75, 3.05) is 0 Å². The van der Waals surface area contributed by atoms with Gasteiger partial charge in [0.2, 0.25) is 0 Å². The van der Waals surface area contributed by atoms with Crippen molar-refractivity contribution in [3.05, 3.63) is 92.2 Å². The number of halogens is 1. The van der Waals surface area contributed by atoms with E-state index in [0.717, 1.165) is 10.0 Å². The monoisotopic (exact) mass is 427 g/mol. The van der Waals surface area contributed by atoms with E-state index in [1.54, 1.807) is 29.1 Å². The number of nitro groups is 1. The molecule has 3 aromatic rings. The van der Waals surface area contributed by atoms with Crippen molar-refractivity contribution in [2.45, 2.75) is 6.54 Å². The molecule has 1 heterocycles. The zero-order valence-corrected chi connectivity index (χ0v) is 15.5. The van der Waals surface area contributed by atoms with Crippen LogP contribution in [0.1, 0.15) is 21.6 Å². The van der Waals surface area contributed by atoms with Crippen LogP contribution in [-0.2, 0) is 6.54 Å². The molecule has 1 aromatic heterocycles. The van der Waals surface area contributed by atoms with E-state index >= 15 is 0 Å². The normalized spacial score (nSPS) is 10.9. The number of rotatable bonds is 6. The number of carbonyl (C=O) groups excluding carboxylic acids is 1. The highest BCUT2D eigenvalue weighted by atomic mass is 79.9. The molecule has 0 saturated carbocycles. The van der Waals surface area contributed by atoms with Crippen LogP contribution in [0.4, 0.5) is 5.69 Å². The Kier molecular flexibility index (Phi) is 5.72. The summed E-state index contributed by atoms with van der Waals surface area (Å²) in [7, 11) is 0. The quantitative estimate of drug-likeness (QED) is 0.370. The lowest BCUT2D eigenvalue weighted by Gasteiger charge is -2.02. The summed E-state index contributed by atoms with van der Waals surface area (Å²) in [6, 6.07) is 15.3. The first kappa shape index (κ1) is 18.5. The maximum atomic E-state index is 12.1. The Morgan fingerprint density at radius 1 is 1.26 bits per heavy atom. The number of hydrogen-bond donors (Lipinski definition) is 1. The third-order valence-corrected chi connectivity index (χ3v) is 4.06. The van der Waals surface area contributed by atoms with Gasteiger partial charge in [-0.3, -0.25) is 19.6 Å². The van der Waals surface area contributed by atoms with Crippen molar-refractivity contribution in [2.24, 2.45) is 5.10 Å². The molecule has 0 aliphatic heterocycles. The van der Waals surface area contributed by atoms with Crippen LogP contribution in [-0.4, -0.2) is 26.8 Å². The third kappa shape index (κ3) is 5.08. The van der Waals surface area contributed by atoms with Gasteiger partial charge < -0.3 is 0 Å². The molecule has 27 heavy (non-hydrogen) atoms. The van der Waals surface area contributed by atoms with Crippen LogP contribution in [0.25, 0.3) is 0 Å². The van der Waals surface area contributed by atoms with Gasteiger partial charge in [-0.1, -0.05) is 40.2 Å². The summed E-state index contributed by atoms with van der Waals surface area (Å²) in [6.45, 7) is 0.531. The zero-order valence-electron chi connectivity index (χ0n) is 13.9. The minimum atomic E-state index is -0.492. The molecule has 2 aromatic carbocycles. The van der Waals surface area contributed by atoms with E-state index in [0.29, 0.717) is 12.1 Å². The van der Waals surface area contributed by atoms with Gasteiger partial charge >= 0.3 is 0 Å². The molecule has 0 bridgehead atoms. The van der Waals surface area contributed by atoms with Gasteiger partial charge in [0.1, 0.15) is 0 Å². The molecule has 0 radical (unpaired) electrons. The highest BCUT2D eigenvalue weighted by molar-refractivity contribution is 9.10. The van der Waals surface area contributed by atoms with Crippen LogP contribution < -0.4 is 5.43 Å².